The maximum atomic E-state index is 12.8. The molecular formula is C62H112O6. The zero-order chi connectivity index (χ0) is 49.3. The molecule has 0 spiro atoms. The first-order valence-corrected chi connectivity index (χ1v) is 29.6. The Morgan fingerprint density at radius 2 is 0.574 bits per heavy atom. The van der Waals surface area contributed by atoms with E-state index in [-0.39, 0.29) is 31.1 Å². The van der Waals surface area contributed by atoms with Crippen LogP contribution in [0.15, 0.2) is 48.6 Å². The van der Waals surface area contributed by atoms with E-state index in [9.17, 15) is 14.4 Å². The van der Waals surface area contributed by atoms with Crippen molar-refractivity contribution in [1.29, 1.82) is 0 Å². The molecule has 0 amide bonds. The lowest BCUT2D eigenvalue weighted by atomic mass is 10.0. The van der Waals surface area contributed by atoms with Crippen LogP contribution in [0.4, 0.5) is 0 Å². The highest BCUT2D eigenvalue weighted by Crippen LogP contribution is 2.17. The normalized spacial score (nSPS) is 12.3. The van der Waals surface area contributed by atoms with Gasteiger partial charge in [0.1, 0.15) is 13.2 Å². The molecule has 0 N–H and O–H groups in total. The predicted octanol–water partition coefficient (Wildman–Crippen LogP) is 19.8. The number of carbonyl (C=O) groups excluding carboxylic acids is 3. The van der Waals surface area contributed by atoms with Crippen molar-refractivity contribution >= 4 is 17.9 Å². The zero-order valence-electron chi connectivity index (χ0n) is 45.4. The van der Waals surface area contributed by atoms with E-state index in [0.29, 0.717) is 19.3 Å². The van der Waals surface area contributed by atoms with Gasteiger partial charge < -0.3 is 14.2 Å². The number of hydrogen-bond donors (Lipinski definition) is 0. The second kappa shape index (κ2) is 57.0. The van der Waals surface area contributed by atoms with Crippen molar-refractivity contribution in [1.82, 2.24) is 0 Å². The summed E-state index contributed by atoms with van der Waals surface area (Å²) in [7, 11) is 0. The minimum atomic E-state index is -0.775. The average molecular weight is 954 g/mol. The lowest BCUT2D eigenvalue weighted by molar-refractivity contribution is -0.167. The molecule has 1 atom stereocenters. The topological polar surface area (TPSA) is 78.9 Å². The number of carbonyl (C=O) groups is 3. The third-order valence-electron chi connectivity index (χ3n) is 13.1. The summed E-state index contributed by atoms with van der Waals surface area (Å²) >= 11 is 0. The standard InChI is InChI=1S/C62H112O6/c1-4-7-10-13-15-17-19-21-23-25-27-28-29-30-31-32-33-35-36-38-40-42-44-46-49-52-55-61(64)67-58-59(57-66-60(63)54-51-48-12-9-6-3)68-62(65)56-53-50-47-45-43-41-39-37-34-26-24-22-20-18-16-14-11-8-5-2/h8,11,16,18,22,24,34,37,59H,4-7,9-10,12-15,17,19-21,23,25-33,35-36,38-58H2,1-3H3/b11-8-,18-16-,24-22-,37-34-. The molecular weight excluding hydrogens is 841 g/mol. The number of unbranched alkanes of at least 4 members (excludes halogenated alkanes) is 35. The van der Waals surface area contributed by atoms with E-state index in [1.807, 2.05) is 0 Å². The lowest BCUT2D eigenvalue weighted by Gasteiger charge is -2.18. The zero-order valence-corrected chi connectivity index (χ0v) is 45.4. The Balaban J connectivity index is 4.03. The SMILES string of the molecule is CC/C=C\C/C=C\C/C=C\C/C=C\CCCCCCCCC(=O)OC(COC(=O)CCCCCCC)COC(=O)CCCCCCCCCCCCCCCCCCCCCCCCCCCC. The van der Waals surface area contributed by atoms with Crippen molar-refractivity contribution in [3.63, 3.8) is 0 Å². The number of rotatable bonds is 54. The van der Waals surface area contributed by atoms with Crippen LogP contribution in [-0.4, -0.2) is 37.2 Å². The Morgan fingerprint density at radius 1 is 0.309 bits per heavy atom. The first-order chi connectivity index (χ1) is 33.5. The maximum absolute atomic E-state index is 12.8. The molecule has 6 heteroatoms. The fourth-order valence-electron chi connectivity index (χ4n) is 8.67. The largest absolute Gasteiger partial charge is 0.462 e. The van der Waals surface area contributed by atoms with E-state index >= 15 is 0 Å². The molecule has 0 heterocycles. The molecule has 0 rings (SSSR count). The summed E-state index contributed by atoms with van der Waals surface area (Å²) in [5, 5.41) is 0. The van der Waals surface area contributed by atoms with Gasteiger partial charge in [-0.1, -0.05) is 281 Å². The van der Waals surface area contributed by atoms with E-state index in [0.717, 1.165) is 103 Å². The van der Waals surface area contributed by atoms with Crippen LogP contribution in [0.5, 0.6) is 0 Å². The highest BCUT2D eigenvalue weighted by atomic mass is 16.6. The van der Waals surface area contributed by atoms with Gasteiger partial charge >= 0.3 is 17.9 Å². The first kappa shape index (κ1) is 65.4. The molecule has 0 aromatic heterocycles. The Bertz CT molecular complexity index is 1190. The minimum Gasteiger partial charge on any atom is -0.462 e. The monoisotopic (exact) mass is 953 g/mol. The van der Waals surface area contributed by atoms with Gasteiger partial charge in [-0.2, -0.15) is 0 Å². The van der Waals surface area contributed by atoms with Crippen LogP contribution in [0.25, 0.3) is 0 Å². The molecule has 1 unspecified atom stereocenters. The molecule has 396 valence electrons. The van der Waals surface area contributed by atoms with Crippen LogP contribution in [0.1, 0.15) is 310 Å². The van der Waals surface area contributed by atoms with Crippen molar-refractivity contribution in [2.45, 2.75) is 316 Å². The summed E-state index contributed by atoms with van der Waals surface area (Å²) in [6, 6.07) is 0. The summed E-state index contributed by atoms with van der Waals surface area (Å²) in [5.74, 6) is -0.891. The molecule has 0 saturated heterocycles. The van der Waals surface area contributed by atoms with Crippen molar-refractivity contribution in [3.8, 4) is 0 Å². The van der Waals surface area contributed by atoms with Crippen molar-refractivity contribution in [2.24, 2.45) is 0 Å². The predicted molar refractivity (Wildman–Crippen MR) is 293 cm³/mol. The molecule has 0 saturated carbocycles. The van der Waals surface area contributed by atoms with Gasteiger partial charge in [0, 0.05) is 19.3 Å². The summed E-state index contributed by atoms with van der Waals surface area (Å²) in [6.45, 7) is 6.47. The van der Waals surface area contributed by atoms with E-state index in [1.54, 1.807) is 0 Å². The van der Waals surface area contributed by atoms with E-state index < -0.39 is 6.10 Å². The molecule has 0 aliphatic heterocycles. The van der Waals surface area contributed by atoms with Crippen LogP contribution >= 0.6 is 0 Å². The van der Waals surface area contributed by atoms with Gasteiger partial charge in [0.15, 0.2) is 6.10 Å². The number of allylic oxidation sites excluding steroid dienone is 8. The summed E-state index contributed by atoms with van der Waals surface area (Å²) < 4.78 is 16.7. The smallest absolute Gasteiger partial charge is 0.306 e. The molecule has 0 bridgehead atoms. The minimum absolute atomic E-state index is 0.0763. The van der Waals surface area contributed by atoms with Gasteiger partial charge in [0.2, 0.25) is 0 Å². The van der Waals surface area contributed by atoms with Crippen LogP contribution in [0.2, 0.25) is 0 Å². The molecule has 0 aliphatic carbocycles. The average Bonchev–Trinajstić information content (AvgIpc) is 3.34. The Morgan fingerprint density at radius 3 is 0.897 bits per heavy atom. The van der Waals surface area contributed by atoms with Crippen LogP contribution in [0, 0.1) is 0 Å². The van der Waals surface area contributed by atoms with Crippen LogP contribution in [0.3, 0.4) is 0 Å². The highest BCUT2D eigenvalue weighted by molar-refractivity contribution is 5.71. The van der Waals surface area contributed by atoms with Crippen LogP contribution in [-0.2, 0) is 28.6 Å². The second-order valence-corrected chi connectivity index (χ2v) is 19.9. The van der Waals surface area contributed by atoms with Gasteiger partial charge in [0.05, 0.1) is 0 Å². The fourth-order valence-corrected chi connectivity index (χ4v) is 8.67. The van der Waals surface area contributed by atoms with Crippen molar-refractivity contribution in [3.05, 3.63) is 48.6 Å². The molecule has 0 aromatic rings. The molecule has 0 aliphatic rings. The number of hydrogen-bond acceptors (Lipinski definition) is 6. The van der Waals surface area contributed by atoms with Gasteiger partial charge in [-0.3, -0.25) is 14.4 Å². The number of ether oxygens (including phenoxy) is 3. The maximum Gasteiger partial charge on any atom is 0.306 e. The molecule has 0 radical (unpaired) electrons. The van der Waals surface area contributed by atoms with E-state index in [4.69, 9.17) is 14.2 Å². The second-order valence-electron chi connectivity index (χ2n) is 19.9. The van der Waals surface area contributed by atoms with Crippen LogP contribution < -0.4 is 0 Å². The fraction of sp³-hybridized carbons (Fsp3) is 0.823. The third kappa shape index (κ3) is 54.3. The molecule has 68 heavy (non-hydrogen) atoms. The van der Waals surface area contributed by atoms with E-state index in [1.165, 1.54) is 167 Å². The van der Waals surface area contributed by atoms with Crippen molar-refractivity contribution in [2.75, 3.05) is 13.2 Å². The third-order valence-corrected chi connectivity index (χ3v) is 13.1. The summed E-state index contributed by atoms with van der Waals surface area (Å²) in [6.07, 6.45) is 70.2. The summed E-state index contributed by atoms with van der Waals surface area (Å²) in [4.78, 5) is 37.8. The Hall–Kier alpha value is -2.63. The van der Waals surface area contributed by atoms with Gasteiger partial charge in [0.25, 0.3) is 0 Å². The Kier molecular flexibility index (Phi) is 54.8. The lowest BCUT2D eigenvalue weighted by Crippen LogP contribution is -2.30. The Labute approximate surface area is 422 Å². The molecule has 0 fully saturated rings. The van der Waals surface area contributed by atoms with Gasteiger partial charge in [-0.05, 0) is 57.8 Å². The van der Waals surface area contributed by atoms with E-state index in [2.05, 4.69) is 69.4 Å². The van der Waals surface area contributed by atoms with Gasteiger partial charge in [-0.15, -0.1) is 0 Å². The summed E-state index contributed by atoms with van der Waals surface area (Å²) in [5.41, 5.74) is 0. The first-order valence-electron chi connectivity index (χ1n) is 29.6. The van der Waals surface area contributed by atoms with Crippen molar-refractivity contribution < 1.29 is 28.6 Å². The van der Waals surface area contributed by atoms with Gasteiger partial charge in [-0.25, -0.2) is 0 Å². The molecule has 6 nitrogen and oxygen atoms in total. The quantitative estimate of drug-likeness (QED) is 0.0262. The number of esters is 3. The molecule has 0 aromatic carbocycles. The highest BCUT2D eigenvalue weighted by Gasteiger charge is 2.19.